The predicted molar refractivity (Wildman–Crippen MR) is 329 cm³/mol. The maximum atomic E-state index is 2.83. The summed E-state index contributed by atoms with van der Waals surface area (Å²) in [7, 11) is 0. The fourth-order valence-electron chi connectivity index (χ4n) is 19.3. The molecule has 0 N–H and O–H groups in total. The van der Waals surface area contributed by atoms with Gasteiger partial charge in [0.25, 0.3) is 0 Å². The maximum Gasteiger partial charge on any atom is 0.0130 e. The highest BCUT2D eigenvalue weighted by Crippen LogP contribution is 2.68. The molecule has 3 aromatic rings. The SMILES string of the molecule is Cc1cc(C2=Cc3c(C4=CC=CCC4)c4c(c5c3C(C2C)C2C=CCCC52)-c2cccc3c2=C4CCC=3)c2c3c1C1=C(C3CC=C2)C(C2=CC(C3=CCCC=C3)CCC=C2)C2CCC=CC2=C1C1=CCCC1C1C=CC=CC1. The molecule has 3 aromatic carbocycles. The van der Waals surface area contributed by atoms with Crippen molar-refractivity contribution in [3.8, 4) is 11.1 Å². The van der Waals surface area contributed by atoms with Crippen LogP contribution in [0, 0.1) is 48.3 Å². The summed E-state index contributed by atoms with van der Waals surface area (Å²) in [4.78, 5) is 0. The summed E-state index contributed by atoms with van der Waals surface area (Å²) in [6.45, 7) is 5.20. The fourth-order valence-corrected chi connectivity index (χ4v) is 19.3. The standard InChI is InChI=1S/C78H74/c1-45-42-64(63-44-65-69(50-26-10-5-11-27-50)74-60-39-18-30-49-31-19-40-61(68(49)60)76(74)73-58-35-17-14-32-55(58)67(46(63)2)77(65)73)59-38-21-41-62-72(59)66(45)78-71(54-37-20-36-53(54)48-24-8-4-9-25-48)57-34-16-15-33-56(57)70(75(62)78)52-29-13-12-28-51(43-52)47-22-6-3-7-23-47/h4-6,8-10,13-14,16,19,21-24,26,29-32,34,37-38,40,42-44,46,48,51,53,55-56,58,62,67,70H,3,7,11-12,15,17-18,20,25,27-28,33,35-36,39,41H2,1-2H3. The van der Waals surface area contributed by atoms with Gasteiger partial charge in [-0.15, -0.1) is 0 Å². The van der Waals surface area contributed by atoms with Crippen molar-refractivity contribution in [1.29, 1.82) is 0 Å². The van der Waals surface area contributed by atoms with E-state index in [4.69, 9.17) is 0 Å². The predicted octanol–water partition coefficient (Wildman–Crippen LogP) is 18.6. The lowest BCUT2D eigenvalue weighted by atomic mass is 9.61. The van der Waals surface area contributed by atoms with Gasteiger partial charge < -0.3 is 0 Å². The van der Waals surface area contributed by atoms with Crippen molar-refractivity contribution in [2.24, 2.45) is 41.4 Å². The Hall–Kier alpha value is -6.50. The molecule has 14 aliphatic rings. The fraction of sp³-hybridized carbons (Fsp3) is 0.359. The number of hydrogen-bond acceptors (Lipinski definition) is 0. The maximum absolute atomic E-state index is 2.83. The molecule has 0 aromatic heterocycles. The van der Waals surface area contributed by atoms with Gasteiger partial charge in [0.2, 0.25) is 0 Å². The smallest absolute Gasteiger partial charge is 0.0130 e. The summed E-state index contributed by atoms with van der Waals surface area (Å²) in [6, 6.07) is 10.0. The van der Waals surface area contributed by atoms with Gasteiger partial charge in [0.1, 0.15) is 0 Å². The number of rotatable bonds is 6. The molecular formula is C78H74. The molecule has 0 heterocycles. The Kier molecular flexibility index (Phi) is 10.7. The molecule has 0 saturated heterocycles. The van der Waals surface area contributed by atoms with E-state index in [2.05, 4.69) is 172 Å². The molecule has 10 atom stereocenters. The molecule has 386 valence electrons. The van der Waals surface area contributed by atoms with Crippen LogP contribution in [0.25, 0.3) is 51.6 Å². The minimum Gasteiger partial charge on any atom is -0.0882 e. The Morgan fingerprint density at radius 2 is 1.45 bits per heavy atom. The van der Waals surface area contributed by atoms with Gasteiger partial charge in [0.15, 0.2) is 0 Å². The molecular weight excluding hydrogens is 937 g/mol. The van der Waals surface area contributed by atoms with Gasteiger partial charge in [-0.05, 0) is 290 Å². The third kappa shape index (κ3) is 6.59. The Bertz CT molecular complexity index is 3860. The first kappa shape index (κ1) is 46.4. The van der Waals surface area contributed by atoms with E-state index in [0.717, 1.165) is 51.4 Å². The van der Waals surface area contributed by atoms with Gasteiger partial charge in [-0.25, -0.2) is 0 Å². The zero-order valence-corrected chi connectivity index (χ0v) is 46.1. The number of benzene rings is 3. The first-order valence-corrected chi connectivity index (χ1v) is 31.2. The highest BCUT2D eigenvalue weighted by molar-refractivity contribution is 6.06. The number of aryl methyl sites for hydroxylation is 1. The van der Waals surface area contributed by atoms with Crippen molar-refractivity contribution in [2.75, 3.05) is 0 Å². The van der Waals surface area contributed by atoms with Crippen molar-refractivity contribution in [1.82, 2.24) is 0 Å². The van der Waals surface area contributed by atoms with Crippen LogP contribution in [0.5, 0.6) is 0 Å². The third-order valence-corrected chi connectivity index (χ3v) is 22.3. The average molecular weight is 1010 g/mol. The van der Waals surface area contributed by atoms with Crippen LogP contribution in [-0.2, 0) is 0 Å². The molecule has 0 radical (unpaired) electrons. The van der Waals surface area contributed by atoms with E-state index >= 15 is 0 Å². The van der Waals surface area contributed by atoms with Gasteiger partial charge in [-0.1, -0.05) is 159 Å². The number of allylic oxidation sites excluding steroid dienone is 28. The average Bonchev–Trinajstić information content (AvgIpc) is 4.37. The molecule has 0 fully saturated rings. The molecule has 0 nitrogen and oxygen atoms in total. The van der Waals surface area contributed by atoms with Crippen molar-refractivity contribution in [2.45, 2.75) is 134 Å². The van der Waals surface area contributed by atoms with Crippen LogP contribution in [0.2, 0.25) is 0 Å². The van der Waals surface area contributed by atoms with Crippen LogP contribution in [-0.4, -0.2) is 0 Å². The van der Waals surface area contributed by atoms with Gasteiger partial charge in [-0.3, -0.25) is 0 Å². The molecule has 0 bridgehead atoms. The summed E-state index contributed by atoms with van der Waals surface area (Å²) in [5.41, 5.74) is 35.5. The van der Waals surface area contributed by atoms with E-state index in [9.17, 15) is 0 Å². The van der Waals surface area contributed by atoms with Crippen molar-refractivity contribution in [3.63, 3.8) is 0 Å². The summed E-state index contributed by atoms with van der Waals surface area (Å²) < 4.78 is 0. The van der Waals surface area contributed by atoms with Crippen LogP contribution in [0.3, 0.4) is 0 Å². The van der Waals surface area contributed by atoms with E-state index in [-0.39, 0.29) is 0 Å². The monoisotopic (exact) mass is 1010 g/mol. The van der Waals surface area contributed by atoms with Crippen molar-refractivity contribution in [3.05, 3.63) is 239 Å². The molecule has 0 aliphatic heterocycles. The molecule has 10 unspecified atom stereocenters. The zero-order valence-electron chi connectivity index (χ0n) is 46.1. The minimum absolute atomic E-state index is 0.361. The van der Waals surface area contributed by atoms with E-state index in [1.807, 2.05) is 0 Å². The summed E-state index contributed by atoms with van der Waals surface area (Å²) in [6.07, 6.45) is 74.9. The minimum atomic E-state index is 0.361. The lowest BCUT2D eigenvalue weighted by Gasteiger charge is -2.42. The summed E-state index contributed by atoms with van der Waals surface area (Å²) in [5, 5.41) is 3.02. The molecule has 78 heavy (non-hydrogen) atoms. The van der Waals surface area contributed by atoms with Gasteiger partial charge in [0, 0.05) is 17.8 Å². The topological polar surface area (TPSA) is 0 Å². The van der Waals surface area contributed by atoms with Crippen LogP contribution >= 0.6 is 0 Å². The van der Waals surface area contributed by atoms with Crippen LogP contribution in [0.15, 0.2) is 173 Å². The Morgan fingerprint density at radius 1 is 0.564 bits per heavy atom. The summed E-state index contributed by atoms with van der Waals surface area (Å²) in [5.74, 6) is 4.66. The molecule has 0 saturated carbocycles. The van der Waals surface area contributed by atoms with Gasteiger partial charge in [-0.2, -0.15) is 0 Å². The molecule has 0 amide bonds. The second kappa shape index (κ2) is 18.0. The van der Waals surface area contributed by atoms with Gasteiger partial charge >= 0.3 is 0 Å². The van der Waals surface area contributed by atoms with Crippen LogP contribution in [0.4, 0.5) is 0 Å². The lowest BCUT2D eigenvalue weighted by Crippen LogP contribution is -2.30. The Balaban J connectivity index is 0.903. The van der Waals surface area contributed by atoms with Crippen molar-refractivity contribution >= 4 is 40.5 Å². The lowest BCUT2D eigenvalue weighted by molar-refractivity contribution is 0.388. The molecule has 14 aliphatic carbocycles. The first-order valence-electron chi connectivity index (χ1n) is 31.2. The first-order chi connectivity index (χ1) is 38.6. The Labute approximate surface area is 464 Å². The van der Waals surface area contributed by atoms with Crippen LogP contribution in [0.1, 0.15) is 183 Å². The Morgan fingerprint density at radius 3 is 2.35 bits per heavy atom. The zero-order chi connectivity index (χ0) is 51.3. The molecule has 17 rings (SSSR count). The number of fused-ring (bicyclic) bond motifs is 10. The molecule has 0 heteroatoms. The van der Waals surface area contributed by atoms with Gasteiger partial charge in [0.05, 0.1) is 0 Å². The largest absolute Gasteiger partial charge is 0.0882 e. The molecule has 0 spiro atoms. The highest BCUT2D eigenvalue weighted by Gasteiger charge is 2.53. The second-order valence-electron chi connectivity index (χ2n) is 26.0. The van der Waals surface area contributed by atoms with Crippen molar-refractivity contribution < 1.29 is 0 Å². The number of hydrogen-bond donors (Lipinski definition) is 0. The normalized spacial score (nSPS) is 31.6. The van der Waals surface area contributed by atoms with Crippen LogP contribution < -0.4 is 10.4 Å². The quantitative estimate of drug-likeness (QED) is 0.216. The second-order valence-corrected chi connectivity index (χ2v) is 26.0. The highest BCUT2D eigenvalue weighted by atomic mass is 14.6. The van der Waals surface area contributed by atoms with E-state index in [0.29, 0.717) is 59.2 Å². The third-order valence-electron chi connectivity index (χ3n) is 22.3. The van der Waals surface area contributed by atoms with E-state index < -0.39 is 0 Å². The van der Waals surface area contributed by atoms with E-state index in [1.165, 1.54) is 78.8 Å². The summed E-state index contributed by atoms with van der Waals surface area (Å²) >= 11 is 0. The van der Waals surface area contributed by atoms with E-state index in [1.54, 1.807) is 105 Å².